The summed E-state index contributed by atoms with van der Waals surface area (Å²) in [6, 6.07) is 15.9. The molecule has 0 unspecified atom stereocenters. The van der Waals surface area contributed by atoms with Crippen molar-refractivity contribution in [1.82, 2.24) is 10.7 Å². The van der Waals surface area contributed by atoms with Gasteiger partial charge in [0.1, 0.15) is 5.70 Å². The number of ether oxygens (including phenoxy) is 2. The fraction of sp³-hybridized carbons (Fsp3) is 0.0870. The average molecular weight is 514 g/mol. The molecule has 0 saturated carbocycles. The van der Waals surface area contributed by atoms with Crippen LogP contribution in [0.4, 0.5) is 0 Å². The van der Waals surface area contributed by atoms with E-state index in [1.807, 2.05) is 23.6 Å². The van der Waals surface area contributed by atoms with Crippen molar-refractivity contribution >= 4 is 51.4 Å². The predicted octanol–water partition coefficient (Wildman–Crippen LogP) is 4.45. The highest BCUT2D eigenvalue weighted by molar-refractivity contribution is 9.10. The standard InChI is InChI=1S/C23H20BrN3O4S/c1-30-20-12-15(11-18(24)21(20)31-2)14-25-27-23(29)19(13-17-9-6-10-32-17)26-22(28)16-7-4-3-5-8-16/h3-14H,1-2H3,(H,26,28)(H,27,29). The Balaban J connectivity index is 1.77. The summed E-state index contributed by atoms with van der Waals surface area (Å²) < 4.78 is 11.3. The van der Waals surface area contributed by atoms with Crippen molar-refractivity contribution in [2.75, 3.05) is 14.2 Å². The number of nitrogens with one attached hydrogen (secondary N) is 2. The van der Waals surface area contributed by atoms with Crippen molar-refractivity contribution in [3.63, 3.8) is 0 Å². The van der Waals surface area contributed by atoms with Crippen molar-refractivity contribution in [1.29, 1.82) is 0 Å². The summed E-state index contributed by atoms with van der Waals surface area (Å²) in [7, 11) is 3.08. The van der Waals surface area contributed by atoms with Crippen molar-refractivity contribution in [2.45, 2.75) is 0 Å². The van der Waals surface area contributed by atoms with Crippen LogP contribution < -0.4 is 20.2 Å². The fourth-order valence-electron chi connectivity index (χ4n) is 2.70. The highest BCUT2D eigenvalue weighted by Gasteiger charge is 2.15. The highest BCUT2D eigenvalue weighted by atomic mass is 79.9. The van der Waals surface area contributed by atoms with E-state index in [1.54, 1.807) is 49.6 Å². The summed E-state index contributed by atoms with van der Waals surface area (Å²) in [5, 5.41) is 8.56. The lowest BCUT2D eigenvalue weighted by molar-refractivity contribution is -0.117. The molecule has 0 aliphatic heterocycles. The first kappa shape index (κ1) is 23.2. The minimum atomic E-state index is -0.557. The Morgan fingerprint density at radius 3 is 2.50 bits per heavy atom. The van der Waals surface area contributed by atoms with Crippen LogP contribution in [0.3, 0.4) is 0 Å². The molecule has 0 saturated heterocycles. The molecule has 0 atom stereocenters. The first-order chi connectivity index (χ1) is 15.5. The molecule has 0 fully saturated rings. The molecule has 0 aliphatic rings. The number of hydrogen-bond acceptors (Lipinski definition) is 6. The monoisotopic (exact) mass is 513 g/mol. The predicted molar refractivity (Wildman–Crippen MR) is 129 cm³/mol. The second kappa shape index (κ2) is 11.3. The van der Waals surface area contributed by atoms with Gasteiger partial charge < -0.3 is 14.8 Å². The van der Waals surface area contributed by atoms with Gasteiger partial charge in [-0.2, -0.15) is 5.10 Å². The quantitative estimate of drug-likeness (QED) is 0.264. The van der Waals surface area contributed by atoms with Gasteiger partial charge in [0, 0.05) is 10.4 Å². The van der Waals surface area contributed by atoms with E-state index in [0.717, 1.165) is 4.88 Å². The van der Waals surface area contributed by atoms with Gasteiger partial charge in [0.25, 0.3) is 11.8 Å². The third kappa shape index (κ3) is 6.05. The van der Waals surface area contributed by atoms with Gasteiger partial charge in [0.15, 0.2) is 11.5 Å². The van der Waals surface area contributed by atoms with Gasteiger partial charge in [-0.1, -0.05) is 24.3 Å². The number of methoxy groups -OCH3 is 2. The van der Waals surface area contributed by atoms with E-state index in [9.17, 15) is 9.59 Å². The summed E-state index contributed by atoms with van der Waals surface area (Å²) in [6.45, 7) is 0. The molecule has 0 bridgehead atoms. The Morgan fingerprint density at radius 2 is 1.84 bits per heavy atom. The number of thiophene rings is 1. The second-order valence-electron chi connectivity index (χ2n) is 6.33. The van der Waals surface area contributed by atoms with E-state index in [2.05, 4.69) is 31.8 Å². The van der Waals surface area contributed by atoms with E-state index < -0.39 is 11.8 Å². The van der Waals surface area contributed by atoms with Gasteiger partial charge >= 0.3 is 0 Å². The van der Waals surface area contributed by atoms with Crippen molar-refractivity contribution in [2.24, 2.45) is 5.10 Å². The summed E-state index contributed by atoms with van der Waals surface area (Å²) >= 11 is 4.86. The van der Waals surface area contributed by atoms with Crippen LogP contribution in [0.2, 0.25) is 0 Å². The molecule has 2 amide bonds. The zero-order chi connectivity index (χ0) is 22.9. The zero-order valence-corrected chi connectivity index (χ0v) is 19.7. The number of hydrogen-bond donors (Lipinski definition) is 2. The molecular weight excluding hydrogens is 494 g/mol. The largest absolute Gasteiger partial charge is 0.493 e. The molecule has 9 heteroatoms. The summed E-state index contributed by atoms with van der Waals surface area (Å²) in [5.74, 6) is 0.122. The molecular formula is C23H20BrN3O4S. The Hall–Kier alpha value is -3.43. The summed E-state index contributed by atoms with van der Waals surface area (Å²) in [5.41, 5.74) is 3.64. The van der Waals surface area contributed by atoms with E-state index in [-0.39, 0.29) is 5.70 Å². The molecule has 1 aromatic heterocycles. The molecule has 164 valence electrons. The number of rotatable bonds is 8. The van der Waals surface area contributed by atoms with Crippen LogP contribution in [0.5, 0.6) is 11.5 Å². The van der Waals surface area contributed by atoms with Crippen LogP contribution in [-0.4, -0.2) is 32.2 Å². The topological polar surface area (TPSA) is 89.0 Å². The van der Waals surface area contributed by atoms with Gasteiger partial charge in [0.2, 0.25) is 0 Å². The lowest BCUT2D eigenvalue weighted by Gasteiger charge is -2.10. The number of carbonyl (C=O) groups is 2. The van der Waals surface area contributed by atoms with Gasteiger partial charge in [-0.05, 0) is 63.3 Å². The third-order valence-corrected chi connectivity index (χ3v) is 5.60. The molecule has 3 rings (SSSR count). The molecule has 7 nitrogen and oxygen atoms in total. The van der Waals surface area contributed by atoms with Crippen molar-refractivity contribution < 1.29 is 19.1 Å². The molecule has 0 spiro atoms. The van der Waals surface area contributed by atoms with Crippen LogP contribution in [0, 0.1) is 0 Å². The van der Waals surface area contributed by atoms with E-state index >= 15 is 0 Å². The van der Waals surface area contributed by atoms with Gasteiger partial charge in [-0.25, -0.2) is 5.43 Å². The van der Waals surface area contributed by atoms with E-state index in [0.29, 0.717) is 27.1 Å². The second-order valence-corrected chi connectivity index (χ2v) is 8.16. The Morgan fingerprint density at radius 1 is 1.06 bits per heavy atom. The Labute approximate surface area is 197 Å². The van der Waals surface area contributed by atoms with Crippen molar-refractivity contribution in [3.8, 4) is 11.5 Å². The van der Waals surface area contributed by atoms with Crippen LogP contribution in [0.25, 0.3) is 6.08 Å². The lowest BCUT2D eigenvalue weighted by atomic mass is 10.2. The number of hydrazone groups is 1. The average Bonchev–Trinajstić information content (AvgIpc) is 3.32. The van der Waals surface area contributed by atoms with Crippen LogP contribution in [0.15, 0.2) is 75.2 Å². The Kier molecular flexibility index (Phi) is 8.18. The van der Waals surface area contributed by atoms with E-state index in [4.69, 9.17) is 9.47 Å². The molecule has 0 radical (unpaired) electrons. The maximum Gasteiger partial charge on any atom is 0.287 e. The number of amides is 2. The van der Waals surface area contributed by atoms with Gasteiger partial charge in [-0.3, -0.25) is 9.59 Å². The summed E-state index contributed by atoms with van der Waals surface area (Å²) in [6.07, 6.45) is 3.07. The van der Waals surface area contributed by atoms with Gasteiger partial charge in [-0.15, -0.1) is 11.3 Å². The minimum Gasteiger partial charge on any atom is -0.493 e. The third-order valence-electron chi connectivity index (χ3n) is 4.19. The number of benzene rings is 2. The smallest absolute Gasteiger partial charge is 0.287 e. The van der Waals surface area contributed by atoms with Crippen LogP contribution in [-0.2, 0) is 4.79 Å². The van der Waals surface area contributed by atoms with Crippen LogP contribution >= 0.6 is 27.3 Å². The highest BCUT2D eigenvalue weighted by Crippen LogP contribution is 2.35. The number of nitrogens with zero attached hydrogens (tertiary/aromatic N) is 1. The maximum absolute atomic E-state index is 12.8. The summed E-state index contributed by atoms with van der Waals surface area (Å²) in [4.78, 5) is 26.1. The first-order valence-corrected chi connectivity index (χ1v) is 11.1. The SMILES string of the molecule is COc1cc(C=NNC(=O)C(=Cc2cccs2)NC(=O)c2ccccc2)cc(Br)c1OC. The van der Waals surface area contributed by atoms with Crippen molar-refractivity contribution in [3.05, 3.63) is 86.2 Å². The maximum atomic E-state index is 12.8. The number of halogens is 1. The Bertz CT molecular complexity index is 1150. The molecule has 0 aliphatic carbocycles. The fourth-order valence-corrected chi connectivity index (χ4v) is 3.98. The molecule has 2 aromatic carbocycles. The molecule has 3 aromatic rings. The van der Waals surface area contributed by atoms with Crippen LogP contribution in [0.1, 0.15) is 20.8 Å². The normalized spacial score (nSPS) is 11.3. The lowest BCUT2D eigenvalue weighted by Crippen LogP contribution is -2.32. The van der Waals surface area contributed by atoms with E-state index in [1.165, 1.54) is 24.7 Å². The number of carbonyl (C=O) groups excluding carboxylic acids is 2. The first-order valence-electron chi connectivity index (χ1n) is 9.38. The molecule has 2 N–H and O–H groups in total. The minimum absolute atomic E-state index is 0.0759. The molecule has 32 heavy (non-hydrogen) atoms. The molecule has 1 heterocycles. The van der Waals surface area contributed by atoms with Gasteiger partial charge in [0.05, 0.1) is 24.9 Å². The zero-order valence-electron chi connectivity index (χ0n) is 17.3.